The molecule has 192 valence electrons. The molecule has 0 saturated carbocycles. The Kier molecular flexibility index (Phi) is 6.05. The quantitative estimate of drug-likeness (QED) is 0.229. The van der Waals surface area contributed by atoms with Crippen molar-refractivity contribution in [3.63, 3.8) is 0 Å². The molecule has 3 aliphatic rings. The van der Waals surface area contributed by atoms with Crippen molar-refractivity contribution in [3.8, 4) is 5.75 Å². The van der Waals surface area contributed by atoms with Crippen molar-refractivity contribution < 1.29 is 49.4 Å². The highest BCUT2D eigenvalue weighted by atomic mass is 16.5. The maximum Gasteiger partial charge on any atom is 0.342 e. The van der Waals surface area contributed by atoms with Crippen molar-refractivity contribution in [2.45, 2.75) is 24.9 Å². The third kappa shape index (κ3) is 3.44. The van der Waals surface area contributed by atoms with Gasteiger partial charge in [-0.2, -0.15) is 0 Å². The first-order valence-electron chi connectivity index (χ1n) is 11.2. The van der Waals surface area contributed by atoms with Crippen LogP contribution in [0.15, 0.2) is 28.7 Å². The minimum absolute atomic E-state index is 0.00314. The van der Waals surface area contributed by atoms with Crippen LogP contribution in [0.3, 0.4) is 0 Å². The zero-order valence-electron chi connectivity index (χ0n) is 19.6. The zero-order valence-corrected chi connectivity index (χ0v) is 19.6. The Morgan fingerprint density at radius 3 is 2.44 bits per heavy atom. The summed E-state index contributed by atoms with van der Waals surface area (Å²) in [5.74, 6) is -8.52. The molecule has 0 heterocycles. The van der Waals surface area contributed by atoms with Crippen LogP contribution in [0.4, 0.5) is 5.69 Å². The number of nitrogens with two attached hydrogens (primary N) is 1. The van der Waals surface area contributed by atoms with Crippen molar-refractivity contribution in [1.29, 1.82) is 0 Å². The number of Topliss-reactive ketones (excluding diaryl/α,β-unsaturated/α-hetero) is 2. The van der Waals surface area contributed by atoms with Gasteiger partial charge in [0, 0.05) is 37.7 Å². The predicted octanol–water partition coefficient (Wildman–Crippen LogP) is -0.204. The monoisotopic (exact) mass is 502 g/mol. The molecule has 0 aliphatic heterocycles. The zero-order chi connectivity index (χ0) is 26.7. The smallest absolute Gasteiger partial charge is 0.342 e. The van der Waals surface area contributed by atoms with Crippen LogP contribution in [0, 0.1) is 11.8 Å². The number of anilines is 1. The molecule has 0 radical (unpaired) electrons. The van der Waals surface area contributed by atoms with Crippen molar-refractivity contribution in [1.82, 2.24) is 0 Å². The van der Waals surface area contributed by atoms with Crippen LogP contribution >= 0.6 is 0 Å². The Labute approximate surface area is 204 Å². The van der Waals surface area contributed by atoms with E-state index in [2.05, 4.69) is 0 Å². The van der Waals surface area contributed by atoms with E-state index in [-0.39, 0.29) is 42.6 Å². The number of amides is 1. The standard InChI is InChI=1S/C24H26N2O10/c1-26(2)13-8-12(23(34)36-4-3-27)18(29)16-11(13)6-9-5-10-7-14(28)17(22(25)33)21(32)24(10,35)20(31)15(9)19(16)30/h8-10,27-29,31,35H,3-7H2,1-2H3,(H2,25,33)/t9-,10+,24+/m1/s1. The highest BCUT2D eigenvalue weighted by molar-refractivity contribution is 6.24. The number of ether oxygens (including phenoxy) is 1. The molecule has 3 atom stereocenters. The second-order valence-electron chi connectivity index (χ2n) is 9.31. The molecule has 0 spiro atoms. The lowest BCUT2D eigenvalue weighted by Gasteiger charge is -2.45. The van der Waals surface area contributed by atoms with E-state index in [0.29, 0.717) is 11.3 Å². The molecular formula is C24H26N2O10. The van der Waals surface area contributed by atoms with Gasteiger partial charge in [-0.25, -0.2) is 4.79 Å². The molecule has 12 heteroatoms. The van der Waals surface area contributed by atoms with E-state index in [1.54, 1.807) is 19.0 Å². The summed E-state index contributed by atoms with van der Waals surface area (Å²) in [6, 6.07) is 1.35. The fourth-order valence-corrected chi connectivity index (χ4v) is 5.44. The number of hydrogen-bond donors (Lipinski definition) is 6. The number of carbonyl (C=O) groups excluding carboxylic acids is 4. The maximum atomic E-state index is 13.7. The summed E-state index contributed by atoms with van der Waals surface area (Å²) in [7, 11) is 3.33. The summed E-state index contributed by atoms with van der Waals surface area (Å²) in [4.78, 5) is 52.6. The van der Waals surface area contributed by atoms with Gasteiger partial charge in [-0.05, 0) is 30.4 Å². The number of allylic oxidation sites excluding steroid dienone is 2. The molecule has 0 aromatic heterocycles. The van der Waals surface area contributed by atoms with Crippen LogP contribution < -0.4 is 10.6 Å². The van der Waals surface area contributed by atoms with E-state index < -0.39 is 70.3 Å². The highest BCUT2D eigenvalue weighted by Gasteiger charge is 2.59. The molecule has 0 saturated heterocycles. The van der Waals surface area contributed by atoms with Gasteiger partial charge in [0.15, 0.2) is 11.4 Å². The Morgan fingerprint density at radius 1 is 1.19 bits per heavy atom. The lowest BCUT2D eigenvalue weighted by Crippen LogP contribution is -2.57. The van der Waals surface area contributed by atoms with Crippen LogP contribution in [0.5, 0.6) is 5.75 Å². The van der Waals surface area contributed by atoms with Gasteiger partial charge in [0.2, 0.25) is 5.78 Å². The molecule has 7 N–H and O–H groups in total. The van der Waals surface area contributed by atoms with Crippen LogP contribution in [0.2, 0.25) is 0 Å². The second-order valence-corrected chi connectivity index (χ2v) is 9.31. The van der Waals surface area contributed by atoms with Gasteiger partial charge in [0.05, 0.1) is 12.2 Å². The van der Waals surface area contributed by atoms with Gasteiger partial charge in [0.1, 0.15) is 35.0 Å². The number of nitrogens with zero attached hydrogens (tertiary/aromatic N) is 1. The number of aliphatic hydroxyl groups excluding tert-OH is 3. The van der Waals surface area contributed by atoms with E-state index in [0.717, 1.165) is 0 Å². The summed E-state index contributed by atoms with van der Waals surface area (Å²) in [6.07, 6.45) is -0.227. The minimum Gasteiger partial charge on any atom is -0.511 e. The Morgan fingerprint density at radius 2 is 1.86 bits per heavy atom. The second kappa shape index (κ2) is 8.64. The summed E-state index contributed by atoms with van der Waals surface area (Å²) in [6.45, 7) is -0.794. The molecule has 0 fully saturated rings. The van der Waals surface area contributed by atoms with Crippen LogP contribution in [0.1, 0.15) is 39.1 Å². The van der Waals surface area contributed by atoms with Gasteiger partial charge < -0.3 is 40.9 Å². The van der Waals surface area contributed by atoms with Crippen LogP contribution in [0.25, 0.3) is 0 Å². The largest absolute Gasteiger partial charge is 0.511 e. The van der Waals surface area contributed by atoms with Crippen molar-refractivity contribution >= 4 is 29.1 Å². The number of fused-ring (bicyclic) bond motifs is 3. The molecular weight excluding hydrogens is 476 g/mol. The summed E-state index contributed by atoms with van der Waals surface area (Å²) < 4.78 is 4.89. The average Bonchev–Trinajstić information content (AvgIpc) is 2.79. The minimum atomic E-state index is -2.67. The number of hydrogen-bond acceptors (Lipinski definition) is 11. The van der Waals surface area contributed by atoms with Crippen molar-refractivity contribution in [2.75, 3.05) is 32.2 Å². The molecule has 0 bridgehead atoms. The first kappa shape index (κ1) is 25.2. The lowest BCUT2D eigenvalue weighted by molar-refractivity contribution is -0.144. The van der Waals surface area contributed by atoms with Gasteiger partial charge in [-0.15, -0.1) is 0 Å². The topological polar surface area (TPSA) is 208 Å². The van der Waals surface area contributed by atoms with Gasteiger partial charge in [-0.3, -0.25) is 14.4 Å². The number of ketones is 2. The first-order chi connectivity index (χ1) is 16.9. The maximum absolute atomic E-state index is 13.7. The molecule has 12 nitrogen and oxygen atoms in total. The van der Waals surface area contributed by atoms with E-state index >= 15 is 0 Å². The fraction of sp³-hybridized carbons (Fsp3) is 0.417. The van der Waals surface area contributed by atoms with E-state index in [1.165, 1.54) is 6.07 Å². The van der Waals surface area contributed by atoms with Crippen LogP contribution in [-0.4, -0.2) is 81.9 Å². The summed E-state index contributed by atoms with van der Waals surface area (Å²) in [5.41, 5.74) is 1.49. The number of rotatable bonds is 5. The van der Waals surface area contributed by atoms with E-state index in [9.17, 15) is 39.6 Å². The first-order valence-corrected chi connectivity index (χ1v) is 11.2. The number of carbonyl (C=O) groups is 4. The molecule has 1 aromatic rings. The van der Waals surface area contributed by atoms with Gasteiger partial charge >= 0.3 is 5.97 Å². The predicted molar refractivity (Wildman–Crippen MR) is 123 cm³/mol. The van der Waals surface area contributed by atoms with Crippen molar-refractivity contribution in [3.05, 3.63) is 45.4 Å². The number of aromatic hydroxyl groups is 1. The normalized spacial score (nSPS) is 25.2. The van der Waals surface area contributed by atoms with Gasteiger partial charge in [0.25, 0.3) is 5.91 Å². The molecule has 1 amide bonds. The van der Waals surface area contributed by atoms with E-state index in [1.807, 2.05) is 0 Å². The third-order valence-corrected chi connectivity index (χ3v) is 7.06. The SMILES string of the molecule is CN(C)c1cc(C(=O)OCCO)c(O)c2c1C[C@H]1C[C@H]3CC(O)=C(C(N)=O)C(=O)[C@@]3(O)C(O)=C1C2=O. The Hall–Kier alpha value is -3.90. The Balaban J connectivity index is 1.91. The molecule has 4 rings (SSSR count). The number of aliphatic hydroxyl groups is 4. The average molecular weight is 502 g/mol. The third-order valence-electron chi connectivity index (χ3n) is 7.06. The Bertz CT molecular complexity index is 1280. The molecule has 36 heavy (non-hydrogen) atoms. The number of phenols is 1. The highest BCUT2D eigenvalue weighted by Crippen LogP contribution is 2.52. The van der Waals surface area contributed by atoms with E-state index in [4.69, 9.17) is 15.6 Å². The van der Waals surface area contributed by atoms with Crippen molar-refractivity contribution in [2.24, 2.45) is 17.6 Å². The lowest BCUT2D eigenvalue weighted by atomic mass is 9.60. The summed E-state index contributed by atoms with van der Waals surface area (Å²) in [5, 5.41) is 52.5. The van der Waals surface area contributed by atoms with Crippen LogP contribution in [-0.2, 0) is 20.7 Å². The summed E-state index contributed by atoms with van der Waals surface area (Å²) >= 11 is 0. The number of benzene rings is 1. The fourth-order valence-electron chi connectivity index (χ4n) is 5.44. The number of esters is 1. The number of phenolic OH excluding ortho intramolecular Hbond substituents is 1. The molecule has 3 aliphatic carbocycles. The number of primary amides is 1. The molecule has 0 unspecified atom stereocenters. The van der Waals surface area contributed by atoms with Gasteiger partial charge in [-0.1, -0.05) is 0 Å². The molecule has 1 aromatic carbocycles.